The normalized spacial score (nSPS) is 16.8. The van der Waals surface area contributed by atoms with Gasteiger partial charge in [-0.1, -0.05) is 11.6 Å². The molecule has 0 aliphatic carbocycles. The summed E-state index contributed by atoms with van der Waals surface area (Å²) >= 11 is 6.00. The van der Waals surface area contributed by atoms with Gasteiger partial charge in [0.05, 0.1) is 38.7 Å². The summed E-state index contributed by atoms with van der Waals surface area (Å²) in [7, 11) is -0.557. The van der Waals surface area contributed by atoms with Crippen molar-refractivity contribution in [2.75, 3.05) is 31.3 Å². The van der Waals surface area contributed by atoms with Crippen LogP contribution < -0.4 is 23.8 Å². The fourth-order valence-electron chi connectivity index (χ4n) is 3.24. The van der Waals surface area contributed by atoms with Crippen molar-refractivity contribution in [3.05, 3.63) is 47.0 Å². The van der Waals surface area contributed by atoms with E-state index in [1.807, 2.05) is 0 Å². The van der Waals surface area contributed by atoms with Gasteiger partial charge in [-0.2, -0.15) is 0 Å². The second kappa shape index (κ2) is 8.61. The Morgan fingerprint density at radius 1 is 1.23 bits per heavy atom. The van der Waals surface area contributed by atoms with E-state index in [0.717, 1.165) is 10.6 Å². The van der Waals surface area contributed by atoms with E-state index in [2.05, 4.69) is 5.32 Å². The molecule has 1 heterocycles. The van der Waals surface area contributed by atoms with Crippen LogP contribution in [0.15, 0.2) is 36.4 Å². The van der Waals surface area contributed by atoms with E-state index in [4.69, 9.17) is 25.8 Å². The number of hydrogen-bond donors (Lipinski definition) is 1. The zero-order valence-corrected chi connectivity index (χ0v) is 18.6. The maximum Gasteiger partial charge on any atom is 0.263 e. The summed E-state index contributed by atoms with van der Waals surface area (Å²) in [4.78, 5) is 12.9. The van der Waals surface area contributed by atoms with Crippen LogP contribution in [0.1, 0.15) is 18.5 Å². The number of fused-ring (bicyclic) bond motifs is 1. The molecule has 10 heteroatoms. The largest absolute Gasteiger partial charge is 0.497 e. The Bertz CT molecular complexity index is 1060. The van der Waals surface area contributed by atoms with Crippen LogP contribution in [0.2, 0.25) is 5.02 Å². The molecule has 2 unspecified atom stereocenters. The van der Waals surface area contributed by atoms with Crippen LogP contribution >= 0.6 is 11.6 Å². The molecule has 2 aromatic carbocycles. The molecule has 0 spiro atoms. The first-order chi connectivity index (χ1) is 14.1. The molecule has 2 atom stereocenters. The number of carbonyl (C=O) groups excluding carboxylic acids is 1. The van der Waals surface area contributed by atoms with E-state index in [0.29, 0.717) is 27.8 Å². The van der Waals surface area contributed by atoms with Gasteiger partial charge in [0.25, 0.3) is 5.91 Å². The Morgan fingerprint density at radius 3 is 2.60 bits per heavy atom. The van der Waals surface area contributed by atoms with Gasteiger partial charge in [-0.3, -0.25) is 9.10 Å². The first kappa shape index (κ1) is 22.0. The fourth-order valence-corrected chi connectivity index (χ4v) is 4.31. The molecular formula is C20H23ClN2O6S. The number of nitrogens with zero attached hydrogens (tertiary/aromatic N) is 1. The van der Waals surface area contributed by atoms with Crippen LogP contribution in [0, 0.1) is 0 Å². The maximum atomic E-state index is 12.9. The minimum atomic E-state index is -3.64. The number of halogens is 1. The highest BCUT2D eigenvalue weighted by molar-refractivity contribution is 7.92. The lowest BCUT2D eigenvalue weighted by molar-refractivity contribution is -0.128. The first-order valence-corrected chi connectivity index (χ1v) is 11.3. The highest BCUT2D eigenvalue weighted by Gasteiger charge is 2.35. The third-order valence-electron chi connectivity index (χ3n) is 4.75. The molecular weight excluding hydrogens is 432 g/mol. The Morgan fingerprint density at radius 2 is 1.97 bits per heavy atom. The molecule has 0 saturated heterocycles. The lowest BCUT2D eigenvalue weighted by Gasteiger charge is -2.34. The number of methoxy groups -OCH3 is 2. The molecule has 8 nitrogen and oxygen atoms in total. The van der Waals surface area contributed by atoms with Gasteiger partial charge in [-0.15, -0.1) is 0 Å². The molecule has 1 aliphatic rings. The van der Waals surface area contributed by atoms with E-state index in [9.17, 15) is 13.2 Å². The molecule has 162 valence electrons. The molecule has 1 N–H and O–H groups in total. The molecule has 0 fully saturated rings. The highest BCUT2D eigenvalue weighted by Crippen LogP contribution is 2.37. The van der Waals surface area contributed by atoms with Crippen LogP contribution in [-0.4, -0.2) is 47.4 Å². The third kappa shape index (κ3) is 4.57. The number of hydrogen-bond acceptors (Lipinski definition) is 6. The van der Waals surface area contributed by atoms with Gasteiger partial charge < -0.3 is 19.5 Å². The van der Waals surface area contributed by atoms with Crippen LogP contribution in [0.4, 0.5) is 5.69 Å². The van der Waals surface area contributed by atoms with Gasteiger partial charge in [0.2, 0.25) is 10.0 Å². The smallest absolute Gasteiger partial charge is 0.263 e. The van der Waals surface area contributed by atoms with Crippen molar-refractivity contribution in [1.29, 1.82) is 0 Å². The summed E-state index contributed by atoms with van der Waals surface area (Å²) in [6.07, 6.45) is 0.0364. The third-order valence-corrected chi connectivity index (χ3v) is 6.13. The minimum Gasteiger partial charge on any atom is -0.497 e. The second-order valence-electron chi connectivity index (χ2n) is 6.85. The van der Waals surface area contributed by atoms with E-state index >= 15 is 0 Å². The maximum absolute atomic E-state index is 12.9. The van der Waals surface area contributed by atoms with Crippen LogP contribution in [0.25, 0.3) is 0 Å². The summed E-state index contributed by atoms with van der Waals surface area (Å²) in [5.41, 5.74) is 1.02. The minimum absolute atomic E-state index is 0.167. The van der Waals surface area contributed by atoms with E-state index < -0.39 is 28.1 Å². The number of amides is 1. The summed E-state index contributed by atoms with van der Waals surface area (Å²) in [6, 6.07) is 9.45. The average molecular weight is 455 g/mol. The number of rotatable bonds is 6. The molecule has 0 radical (unpaired) electrons. The van der Waals surface area contributed by atoms with Crippen molar-refractivity contribution < 1.29 is 27.4 Å². The predicted octanol–water partition coefficient (Wildman–Crippen LogP) is 2.76. The number of sulfonamides is 1. The van der Waals surface area contributed by atoms with E-state index in [1.54, 1.807) is 44.4 Å². The summed E-state index contributed by atoms with van der Waals surface area (Å²) in [5, 5.41) is 3.23. The SMILES string of the molecule is COc1ccc(OC)c(C(C)NC(=O)C2CN(S(C)(=O)=O)c3cc(Cl)ccc3O2)c1. The topological polar surface area (TPSA) is 94.2 Å². The standard InChI is InChI=1S/C20H23ClN2O6S/c1-12(15-10-14(27-2)6-8-17(15)28-3)22-20(24)19-11-23(30(4,25)26)16-9-13(21)5-7-18(16)29-19/h5-10,12,19H,11H2,1-4H3,(H,22,24). The lowest BCUT2D eigenvalue weighted by Crippen LogP contribution is -2.50. The lowest BCUT2D eigenvalue weighted by atomic mass is 10.1. The Hall–Kier alpha value is -2.65. The highest BCUT2D eigenvalue weighted by atomic mass is 35.5. The van der Waals surface area contributed by atoms with Crippen molar-refractivity contribution in [3.8, 4) is 17.2 Å². The van der Waals surface area contributed by atoms with Gasteiger partial charge in [0.15, 0.2) is 6.10 Å². The number of anilines is 1. The van der Waals surface area contributed by atoms with Crippen molar-refractivity contribution in [3.63, 3.8) is 0 Å². The Balaban J connectivity index is 1.85. The molecule has 0 aromatic heterocycles. The van der Waals surface area contributed by atoms with Gasteiger partial charge in [-0.05, 0) is 43.3 Å². The van der Waals surface area contributed by atoms with E-state index in [-0.39, 0.29) is 12.3 Å². The monoisotopic (exact) mass is 454 g/mol. The molecule has 1 amide bonds. The van der Waals surface area contributed by atoms with Crippen molar-refractivity contribution in [2.45, 2.75) is 19.1 Å². The number of carbonyl (C=O) groups is 1. The van der Waals surface area contributed by atoms with Crippen molar-refractivity contribution in [1.82, 2.24) is 5.32 Å². The molecule has 1 aliphatic heterocycles. The summed E-state index contributed by atoms with van der Waals surface area (Å²) in [6.45, 7) is 1.63. The van der Waals surface area contributed by atoms with Gasteiger partial charge in [0, 0.05) is 10.6 Å². The predicted molar refractivity (Wildman–Crippen MR) is 114 cm³/mol. The molecule has 2 aromatic rings. The van der Waals surface area contributed by atoms with E-state index in [1.165, 1.54) is 13.2 Å². The van der Waals surface area contributed by atoms with Gasteiger partial charge in [0.1, 0.15) is 17.2 Å². The fraction of sp³-hybridized carbons (Fsp3) is 0.350. The summed E-state index contributed by atoms with van der Waals surface area (Å²) in [5.74, 6) is 1.02. The summed E-state index contributed by atoms with van der Waals surface area (Å²) < 4.78 is 42.1. The molecule has 0 bridgehead atoms. The zero-order valence-electron chi connectivity index (χ0n) is 17.0. The number of nitrogens with one attached hydrogen (secondary N) is 1. The number of benzene rings is 2. The van der Waals surface area contributed by atoms with Crippen LogP contribution in [0.3, 0.4) is 0 Å². The van der Waals surface area contributed by atoms with Crippen LogP contribution in [0.5, 0.6) is 17.2 Å². The Kier molecular flexibility index (Phi) is 6.33. The molecule has 0 saturated carbocycles. The average Bonchev–Trinajstić information content (AvgIpc) is 2.71. The number of ether oxygens (including phenoxy) is 3. The zero-order chi connectivity index (χ0) is 22.1. The first-order valence-electron chi connectivity index (χ1n) is 9.10. The Labute approximate surface area is 180 Å². The second-order valence-corrected chi connectivity index (χ2v) is 9.19. The quantitative estimate of drug-likeness (QED) is 0.721. The van der Waals surface area contributed by atoms with Crippen molar-refractivity contribution in [2.24, 2.45) is 0 Å². The van der Waals surface area contributed by atoms with Crippen molar-refractivity contribution >= 4 is 33.2 Å². The van der Waals surface area contributed by atoms with Crippen LogP contribution in [-0.2, 0) is 14.8 Å². The molecule has 30 heavy (non-hydrogen) atoms. The van der Waals surface area contributed by atoms with Gasteiger partial charge in [-0.25, -0.2) is 8.42 Å². The molecule has 3 rings (SSSR count). The van der Waals surface area contributed by atoms with Gasteiger partial charge >= 0.3 is 0 Å².